The smallest absolute Gasteiger partial charge is 0.351 e. The number of rotatable bonds is 6. The number of ether oxygens (including phenoxy) is 3. The predicted octanol–water partition coefficient (Wildman–Crippen LogP) is 7.33. The molecule has 1 heterocycles. The van der Waals surface area contributed by atoms with E-state index in [2.05, 4.69) is 65.8 Å². The number of fused-ring (bicyclic) bond motifs is 1. The van der Waals surface area contributed by atoms with Crippen molar-refractivity contribution in [2.45, 2.75) is 72.0 Å². The van der Waals surface area contributed by atoms with Gasteiger partial charge in [0.2, 0.25) is 6.10 Å². The standard InChI is InChI=1S/C31H36O4/c1-18(2)22-14-16-23(17-15-22)26-25-21(5)27(19(3)20(4)28(25)35-31(26,6)7)34-29(30(32)33-8)24-12-10-9-11-13-24/h9-18,26,29H,1-8H3. The maximum Gasteiger partial charge on any atom is 0.351 e. The van der Waals surface area contributed by atoms with E-state index in [-0.39, 0.29) is 5.92 Å². The summed E-state index contributed by atoms with van der Waals surface area (Å²) in [6.45, 7) is 14.9. The molecule has 1 aliphatic heterocycles. The van der Waals surface area contributed by atoms with Gasteiger partial charge >= 0.3 is 5.97 Å². The fourth-order valence-electron chi connectivity index (χ4n) is 5.19. The summed E-state index contributed by atoms with van der Waals surface area (Å²) in [4.78, 5) is 12.8. The summed E-state index contributed by atoms with van der Waals surface area (Å²) < 4.78 is 18.2. The van der Waals surface area contributed by atoms with Gasteiger partial charge in [0.1, 0.15) is 17.1 Å². The Balaban J connectivity index is 1.85. The van der Waals surface area contributed by atoms with E-state index in [0.29, 0.717) is 11.7 Å². The molecule has 0 saturated carbocycles. The van der Waals surface area contributed by atoms with Crippen LogP contribution in [0.3, 0.4) is 0 Å². The van der Waals surface area contributed by atoms with E-state index < -0.39 is 17.7 Å². The minimum absolute atomic E-state index is 0.0358. The molecule has 184 valence electrons. The first kappa shape index (κ1) is 24.8. The number of benzene rings is 3. The number of methoxy groups -OCH3 is 1. The van der Waals surface area contributed by atoms with Crippen LogP contribution in [-0.2, 0) is 9.53 Å². The van der Waals surface area contributed by atoms with Crippen LogP contribution in [0, 0.1) is 20.8 Å². The average Bonchev–Trinajstić information content (AvgIpc) is 3.14. The first-order valence-electron chi connectivity index (χ1n) is 12.3. The number of hydrogen-bond acceptors (Lipinski definition) is 4. The molecule has 0 radical (unpaired) electrons. The van der Waals surface area contributed by atoms with E-state index in [1.807, 2.05) is 37.3 Å². The molecule has 0 aliphatic carbocycles. The van der Waals surface area contributed by atoms with E-state index in [9.17, 15) is 4.79 Å². The summed E-state index contributed by atoms with van der Waals surface area (Å²) in [5.41, 5.74) is 6.98. The molecule has 0 bridgehead atoms. The molecule has 0 aromatic heterocycles. The molecule has 4 heteroatoms. The topological polar surface area (TPSA) is 44.8 Å². The Bertz CT molecular complexity index is 1220. The highest BCUT2D eigenvalue weighted by Gasteiger charge is 2.45. The quantitative estimate of drug-likeness (QED) is 0.352. The van der Waals surface area contributed by atoms with Crippen molar-refractivity contribution in [2.24, 2.45) is 0 Å². The second-order valence-corrected chi connectivity index (χ2v) is 10.3. The second kappa shape index (κ2) is 9.41. The van der Waals surface area contributed by atoms with Crippen LogP contribution in [0.1, 0.15) is 84.6 Å². The molecular formula is C31H36O4. The van der Waals surface area contributed by atoms with Gasteiger partial charge in [-0.15, -0.1) is 0 Å². The van der Waals surface area contributed by atoms with Gasteiger partial charge in [-0.3, -0.25) is 0 Å². The van der Waals surface area contributed by atoms with Gasteiger partial charge in [-0.2, -0.15) is 0 Å². The largest absolute Gasteiger partial charge is 0.486 e. The zero-order chi connectivity index (χ0) is 25.5. The van der Waals surface area contributed by atoms with Crippen LogP contribution in [0.15, 0.2) is 54.6 Å². The number of hydrogen-bond donors (Lipinski definition) is 0. The minimum atomic E-state index is -0.852. The summed E-state index contributed by atoms with van der Waals surface area (Å²) in [5.74, 6) is 1.72. The number of esters is 1. The molecule has 3 aromatic rings. The number of carbonyl (C=O) groups is 1. The number of carbonyl (C=O) groups excluding carboxylic acids is 1. The molecule has 35 heavy (non-hydrogen) atoms. The lowest BCUT2D eigenvalue weighted by Gasteiger charge is -2.28. The molecule has 4 nitrogen and oxygen atoms in total. The zero-order valence-electron chi connectivity index (χ0n) is 22.1. The van der Waals surface area contributed by atoms with Gasteiger partial charge in [-0.25, -0.2) is 4.79 Å². The lowest BCUT2D eigenvalue weighted by molar-refractivity contribution is -0.149. The van der Waals surface area contributed by atoms with Crippen LogP contribution in [0.4, 0.5) is 0 Å². The Labute approximate surface area is 209 Å². The molecule has 0 N–H and O–H groups in total. The first-order valence-corrected chi connectivity index (χ1v) is 12.3. The average molecular weight is 473 g/mol. The van der Waals surface area contributed by atoms with Crippen molar-refractivity contribution >= 4 is 5.97 Å². The van der Waals surface area contributed by atoms with Gasteiger partial charge in [-0.05, 0) is 68.4 Å². The predicted molar refractivity (Wildman–Crippen MR) is 140 cm³/mol. The highest BCUT2D eigenvalue weighted by molar-refractivity contribution is 5.77. The fourth-order valence-corrected chi connectivity index (χ4v) is 5.19. The summed E-state index contributed by atoms with van der Waals surface area (Å²) >= 11 is 0. The monoisotopic (exact) mass is 472 g/mol. The summed E-state index contributed by atoms with van der Waals surface area (Å²) in [7, 11) is 1.39. The van der Waals surface area contributed by atoms with Crippen molar-refractivity contribution in [3.63, 3.8) is 0 Å². The van der Waals surface area contributed by atoms with Gasteiger partial charge in [0, 0.05) is 11.1 Å². The fraction of sp³-hybridized carbons (Fsp3) is 0.387. The van der Waals surface area contributed by atoms with Gasteiger partial charge in [0.15, 0.2) is 0 Å². The van der Waals surface area contributed by atoms with Crippen LogP contribution in [0.25, 0.3) is 0 Å². The lowest BCUT2D eigenvalue weighted by atomic mass is 9.78. The maximum absolute atomic E-state index is 12.8. The SMILES string of the molecule is COC(=O)C(Oc1c(C)c(C)c2c(c1C)C(c1ccc(C(C)C)cc1)C(C)(C)O2)c1ccccc1. The van der Waals surface area contributed by atoms with Crippen LogP contribution < -0.4 is 9.47 Å². The molecular weight excluding hydrogens is 436 g/mol. The van der Waals surface area contributed by atoms with E-state index in [0.717, 1.165) is 33.6 Å². The molecule has 0 spiro atoms. The van der Waals surface area contributed by atoms with Crippen LogP contribution in [-0.4, -0.2) is 18.7 Å². The lowest BCUT2D eigenvalue weighted by Crippen LogP contribution is -2.31. The molecule has 2 unspecified atom stereocenters. The van der Waals surface area contributed by atoms with E-state index in [1.165, 1.54) is 18.2 Å². The van der Waals surface area contributed by atoms with Crippen LogP contribution in [0.2, 0.25) is 0 Å². The Hall–Kier alpha value is -3.27. The molecule has 4 rings (SSSR count). The van der Waals surface area contributed by atoms with Crippen molar-refractivity contribution in [1.29, 1.82) is 0 Å². The maximum atomic E-state index is 12.8. The zero-order valence-corrected chi connectivity index (χ0v) is 22.1. The normalized spacial score (nSPS) is 17.0. The van der Waals surface area contributed by atoms with Crippen LogP contribution >= 0.6 is 0 Å². The molecule has 0 amide bonds. The molecule has 3 aromatic carbocycles. The Morgan fingerprint density at radius 2 is 1.51 bits per heavy atom. The van der Waals surface area contributed by atoms with Crippen LogP contribution in [0.5, 0.6) is 11.5 Å². The van der Waals surface area contributed by atoms with Gasteiger partial charge in [-0.1, -0.05) is 68.4 Å². The van der Waals surface area contributed by atoms with E-state index in [4.69, 9.17) is 14.2 Å². The highest BCUT2D eigenvalue weighted by atomic mass is 16.6. The van der Waals surface area contributed by atoms with Gasteiger partial charge in [0.05, 0.1) is 13.0 Å². The molecule has 1 aliphatic rings. The Morgan fingerprint density at radius 1 is 0.886 bits per heavy atom. The third kappa shape index (κ3) is 4.42. The third-order valence-electron chi connectivity index (χ3n) is 7.27. The van der Waals surface area contributed by atoms with Crippen molar-refractivity contribution < 1.29 is 19.0 Å². The summed E-state index contributed by atoms with van der Waals surface area (Å²) in [6.07, 6.45) is -0.852. The third-order valence-corrected chi connectivity index (χ3v) is 7.27. The Morgan fingerprint density at radius 3 is 2.09 bits per heavy atom. The summed E-state index contributed by atoms with van der Waals surface area (Å²) in [6, 6.07) is 18.4. The van der Waals surface area contributed by atoms with Crippen molar-refractivity contribution in [2.75, 3.05) is 7.11 Å². The highest BCUT2D eigenvalue weighted by Crippen LogP contribution is 2.54. The van der Waals surface area contributed by atoms with Gasteiger partial charge in [0.25, 0.3) is 0 Å². The van der Waals surface area contributed by atoms with Gasteiger partial charge < -0.3 is 14.2 Å². The van der Waals surface area contributed by atoms with E-state index in [1.54, 1.807) is 0 Å². The van der Waals surface area contributed by atoms with Crippen molar-refractivity contribution in [3.05, 3.63) is 93.5 Å². The first-order chi connectivity index (χ1) is 16.6. The molecule has 2 atom stereocenters. The minimum Gasteiger partial charge on any atom is -0.486 e. The second-order valence-electron chi connectivity index (χ2n) is 10.3. The van der Waals surface area contributed by atoms with E-state index >= 15 is 0 Å². The Kier molecular flexibility index (Phi) is 6.68. The molecule has 0 saturated heterocycles. The molecule has 0 fully saturated rings. The van der Waals surface area contributed by atoms with Crippen molar-refractivity contribution in [1.82, 2.24) is 0 Å². The van der Waals surface area contributed by atoms with Crippen molar-refractivity contribution in [3.8, 4) is 11.5 Å². The summed E-state index contributed by atoms with van der Waals surface area (Å²) in [5, 5.41) is 0.